The third-order valence-corrected chi connectivity index (χ3v) is 2.70. The van der Waals surface area contributed by atoms with Crippen LogP contribution in [-0.4, -0.2) is 19.8 Å². The van der Waals surface area contributed by atoms with E-state index in [4.69, 9.17) is 0 Å². The predicted octanol–water partition coefficient (Wildman–Crippen LogP) is 1.33. The Morgan fingerprint density at radius 2 is 2.27 bits per heavy atom. The number of hydrogen-bond donors (Lipinski definition) is 1. The summed E-state index contributed by atoms with van der Waals surface area (Å²) < 4.78 is 2.40. The topological polar surface area (TPSA) is 63.0 Å². The first-order valence-corrected chi connectivity index (χ1v) is 5.06. The standard InChI is InChI=1S/C9H5BrN4O/c10-5-1-2-7-6(3-5)8-9(15)12-11-4-14(8)13-7/h1-4H,(H,12,15). The van der Waals surface area contributed by atoms with Gasteiger partial charge in [0.15, 0.2) is 0 Å². The number of nitrogens with one attached hydrogen (secondary N) is 1. The molecule has 0 saturated carbocycles. The fraction of sp³-hybridized carbons (Fsp3) is 0. The summed E-state index contributed by atoms with van der Waals surface area (Å²) in [6.07, 6.45) is 1.48. The van der Waals surface area contributed by atoms with Crippen molar-refractivity contribution in [2.45, 2.75) is 0 Å². The zero-order valence-electron chi connectivity index (χ0n) is 7.44. The molecule has 6 heteroatoms. The lowest BCUT2D eigenvalue weighted by Gasteiger charge is -1.90. The molecule has 74 valence electrons. The molecule has 1 aromatic carbocycles. The molecule has 15 heavy (non-hydrogen) atoms. The highest BCUT2D eigenvalue weighted by molar-refractivity contribution is 9.10. The van der Waals surface area contributed by atoms with Crippen molar-refractivity contribution < 1.29 is 0 Å². The van der Waals surface area contributed by atoms with E-state index >= 15 is 0 Å². The van der Waals surface area contributed by atoms with Gasteiger partial charge in [0.25, 0.3) is 5.56 Å². The Kier molecular flexibility index (Phi) is 1.66. The Bertz CT molecular complexity index is 715. The summed E-state index contributed by atoms with van der Waals surface area (Å²) in [5.41, 5.74) is 1.05. The van der Waals surface area contributed by atoms with Crippen molar-refractivity contribution in [1.82, 2.24) is 19.8 Å². The molecule has 0 radical (unpaired) electrons. The number of aromatic amines is 1. The minimum absolute atomic E-state index is 0.238. The molecule has 2 heterocycles. The second-order valence-corrected chi connectivity index (χ2v) is 4.06. The van der Waals surface area contributed by atoms with Crippen molar-refractivity contribution in [2.75, 3.05) is 0 Å². The van der Waals surface area contributed by atoms with Gasteiger partial charge in [0.2, 0.25) is 0 Å². The number of fused-ring (bicyclic) bond motifs is 3. The lowest BCUT2D eigenvalue weighted by Crippen LogP contribution is -2.10. The van der Waals surface area contributed by atoms with Crippen LogP contribution in [0.15, 0.2) is 33.8 Å². The minimum atomic E-state index is -0.238. The molecular weight excluding hydrogens is 260 g/mol. The fourth-order valence-electron chi connectivity index (χ4n) is 1.58. The van der Waals surface area contributed by atoms with Crippen LogP contribution in [0.25, 0.3) is 16.4 Å². The van der Waals surface area contributed by atoms with Gasteiger partial charge in [0, 0.05) is 9.86 Å². The van der Waals surface area contributed by atoms with Gasteiger partial charge in [-0.25, -0.2) is 9.61 Å². The lowest BCUT2D eigenvalue weighted by molar-refractivity contribution is 0.854. The van der Waals surface area contributed by atoms with E-state index in [1.54, 1.807) is 0 Å². The number of rotatable bonds is 0. The summed E-state index contributed by atoms with van der Waals surface area (Å²) in [5.74, 6) is 0. The maximum Gasteiger partial charge on any atom is 0.290 e. The molecule has 0 aliphatic rings. The highest BCUT2D eigenvalue weighted by atomic mass is 79.9. The summed E-state index contributed by atoms with van der Waals surface area (Å²) in [7, 11) is 0. The maximum atomic E-state index is 11.6. The van der Waals surface area contributed by atoms with E-state index in [9.17, 15) is 4.79 Å². The Balaban J connectivity index is 2.67. The van der Waals surface area contributed by atoms with Crippen LogP contribution in [-0.2, 0) is 0 Å². The molecule has 0 aliphatic heterocycles. The van der Waals surface area contributed by atoms with Crippen molar-refractivity contribution in [2.24, 2.45) is 0 Å². The molecule has 0 unspecified atom stereocenters. The number of nitrogens with zero attached hydrogens (tertiary/aromatic N) is 3. The summed E-state index contributed by atoms with van der Waals surface area (Å²) in [5, 5.41) is 11.1. The van der Waals surface area contributed by atoms with Crippen LogP contribution in [0.3, 0.4) is 0 Å². The molecule has 0 fully saturated rings. The van der Waals surface area contributed by atoms with Gasteiger partial charge in [0.1, 0.15) is 11.8 Å². The SMILES string of the molecule is O=c1[nH]ncn2nc3ccc(Br)cc3c12. The molecule has 0 saturated heterocycles. The third-order valence-electron chi connectivity index (χ3n) is 2.21. The minimum Gasteiger partial charge on any atom is -0.266 e. The summed E-state index contributed by atoms with van der Waals surface area (Å²) in [6.45, 7) is 0. The number of benzene rings is 1. The summed E-state index contributed by atoms with van der Waals surface area (Å²) in [6, 6.07) is 5.61. The second-order valence-electron chi connectivity index (χ2n) is 3.14. The predicted molar refractivity (Wildman–Crippen MR) is 58.8 cm³/mol. The van der Waals surface area contributed by atoms with E-state index in [1.165, 1.54) is 10.8 Å². The van der Waals surface area contributed by atoms with Gasteiger partial charge < -0.3 is 0 Å². The first-order chi connectivity index (χ1) is 7.25. The van der Waals surface area contributed by atoms with Gasteiger partial charge in [-0.1, -0.05) is 15.9 Å². The Labute approximate surface area is 91.9 Å². The summed E-state index contributed by atoms with van der Waals surface area (Å²) in [4.78, 5) is 11.6. The summed E-state index contributed by atoms with van der Waals surface area (Å²) >= 11 is 3.36. The highest BCUT2D eigenvalue weighted by Crippen LogP contribution is 2.20. The molecule has 2 aromatic heterocycles. The molecular formula is C9H5BrN4O. The van der Waals surface area contributed by atoms with Gasteiger partial charge >= 0.3 is 0 Å². The van der Waals surface area contributed by atoms with Gasteiger partial charge in [-0.3, -0.25) is 4.79 Å². The van der Waals surface area contributed by atoms with Crippen LogP contribution in [0, 0.1) is 0 Å². The normalized spacial score (nSPS) is 11.3. The second kappa shape index (κ2) is 2.90. The number of hydrogen-bond acceptors (Lipinski definition) is 3. The van der Waals surface area contributed by atoms with Crippen LogP contribution in [0.2, 0.25) is 0 Å². The van der Waals surface area contributed by atoms with Crippen LogP contribution < -0.4 is 5.56 Å². The van der Waals surface area contributed by atoms with Crippen molar-refractivity contribution in [3.63, 3.8) is 0 Å². The lowest BCUT2D eigenvalue weighted by atomic mass is 10.2. The van der Waals surface area contributed by atoms with E-state index in [0.717, 1.165) is 15.4 Å². The van der Waals surface area contributed by atoms with Gasteiger partial charge in [-0.2, -0.15) is 10.2 Å². The highest BCUT2D eigenvalue weighted by Gasteiger charge is 2.08. The molecule has 3 rings (SSSR count). The van der Waals surface area contributed by atoms with Gasteiger partial charge in [0.05, 0.1) is 5.52 Å². The molecule has 0 aliphatic carbocycles. The molecule has 3 aromatic rings. The molecule has 0 spiro atoms. The number of halogens is 1. The Morgan fingerprint density at radius 1 is 1.40 bits per heavy atom. The average molecular weight is 265 g/mol. The third kappa shape index (κ3) is 1.18. The Morgan fingerprint density at radius 3 is 3.13 bits per heavy atom. The van der Waals surface area contributed by atoms with E-state index in [0.29, 0.717) is 5.52 Å². The van der Waals surface area contributed by atoms with E-state index in [-0.39, 0.29) is 5.56 Å². The average Bonchev–Trinajstić information content (AvgIpc) is 2.57. The molecule has 5 nitrogen and oxygen atoms in total. The maximum absolute atomic E-state index is 11.6. The van der Waals surface area contributed by atoms with E-state index < -0.39 is 0 Å². The van der Waals surface area contributed by atoms with Gasteiger partial charge in [-0.05, 0) is 18.2 Å². The fourth-order valence-corrected chi connectivity index (χ4v) is 1.94. The van der Waals surface area contributed by atoms with Crippen molar-refractivity contribution in [1.29, 1.82) is 0 Å². The quantitative estimate of drug-likeness (QED) is 0.667. The van der Waals surface area contributed by atoms with Crippen molar-refractivity contribution >= 4 is 32.3 Å². The first-order valence-electron chi connectivity index (χ1n) is 4.27. The smallest absolute Gasteiger partial charge is 0.266 e. The monoisotopic (exact) mass is 264 g/mol. The number of H-pyrrole nitrogens is 1. The van der Waals surface area contributed by atoms with Crippen LogP contribution in [0.4, 0.5) is 0 Å². The van der Waals surface area contributed by atoms with Crippen LogP contribution >= 0.6 is 15.9 Å². The van der Waals surface area contributed by atoms with Crippen LogP contribution in [0.1, 0.15) is 0 Å². The van der Waals surface area contributed by atoms with Crippen LogP contribution in [0.5, 0.6) is 0 Å². The molecule has 0 amide bonds. The van der Waals surface area contributed by atoms with E-state index in [2.05, 4.69) is 31.2 Å². The Hall–Kier alpha value is -1.69. The zero-order chi connectivity index (χ0) is 10.4. The van der Waals surface area contributed by atoms with Gasteiger partial charge in [-0.15, -0.1) is 0 Å². The van der Waals surface area contributed by atoms with Crippen molar-refractivity contribution in [3.8, 4) is 0 Å². The largest absolute Gasteiger partial charge is 0.290 e. The van der Waals surface area contributed by atoms with Crippen molar-refractivity contribution in [3.05, 3.63) is 39.4 Å². The zero-order valence-corrected chi connectivity index (χ0v) is 9.02. The first kappa shape index (κ1) is 8.60. The van der Waals surface area contributed by atoms with E-state index in [1.807, 2.05) is 18.2 Å². The molecule has 1 N–H and O–H groups in total. The number of aromatic nitrogens is 4. The molecule has 0 bridgehead atoms. The molecule has 0 atom stereocenters.